The third kappa shape index (κ3) is 3.37. The van der Waals surface area contributed by atoms with Gasteiger partial charge in [-0.15, -0.1) is 0 Å². The Balaban J connectivity index is 1.51. The van der Waals surface area contributed by atoms with E-state index in [1.54, 1.807) is 0 Å². The molecule has 2 heterocycles. The summed E-state index contributed by atoms with van der Waals surface area (Å²) in [5, 5.41) is 2.68. The van der Waals surface area contributed by atoms with E-state index >= 15 is 0 Å². The van der Waals surface area contributed by atoms with Crippen LogP contribution in [0.25, 0.3) is 10.8 Å². The van der Waals surface area contributed by atoms with Gasteiger partial charge in [-0.25, -0.2) is 4.98 Å². The van der Waals surface area contributed by atoms with Crippen molar-refractivity contribution < 1.29 is 9.53 Å². The standard InChI is InChI=1S/C21H19ClN2O2/c22-17-4-6-18(7-5-17)26-19-9-12-24(13-10-19)21-20-15(8-11-23-21)2-1-3-16(20)14-25/h1-8,11,14,19H,9-10,12-13H2. The second kappa shape index (κ2) is 7.34. The van der Waals surface area contributed by atoms with Crippen molar-refractivity contribution in [3.63, 3.8) is 0 Å². The van der Waals surface area contributed by atoms with Crippen molar-refractivity contribution in [1.29, 1.82) is 0 Å². The fraction of sp³-hybridized carbons (Fsp3) is 0.238. The Labute approximate surface area is 157 Å². The number of anilines is 1. The molecule has 0 spiro atoms. The highest BCUT2D eigenvalue weighted by atomic mass is 35.5. The van der Waals surface area contributed by atoms with Crippen LogP contribution in [0.15, 0.2) is 54.7 Å². The molecule has 0 saturated carbocycles. The molecular weight excluding hydrogens is 348 g/mol. The van der Waals surface area contributed by atoms with Gasteiger partial charge in [-0.1, -0.05) is 29.8 Å². The van der Waals surface area contributed by atoms with Crippen LogP contribution in [-0.2, 0) is 0 Å². The Bertz CT molecular complexity index is 914. The van der Waals surface area contributed by atoms with E-state index in [0.717, 1.165) is 54.6 Å². The van der Waals surface area contributed by atoms with Gasteiger partial charge in [0.25, 0.3) is 0 Å². The highest BCUT2D eigenvalue weighted by Crippen LogP contribution is 2.30. The van der Waals surface area contributed by atoms with Gasteiger partial charge in [0.2, 0.25) is 0 Å². The summed E-state index contributed by atoms with van der Waals surface area (Å²) in [6.07, 6.45) is 4.70. The molecule has 2 aromatic carbocycles. The first-order valence-electron chi connectivity index (χ1n) is 8.74. The number of ether oxygens (including phenoxy) is 1. The summed E-state index contributed by atoms with van der Waals surface area (Å²) in [7, 11) is 0. The molecule has 1 fully saturated rings. The summed E-state index contributed by atoms with van der Waals surface area (Å²) in [4.78, 5) is 18.3. The van der Waals surface area contributed by atoms with Gasteiger partial charge in [-0.3, -0.25) is 4.79 Å². The lowest BCUT2D eigenvalue weighted by atomic mass is 10.0. The van der Waals surface area contributed by atoms with Gasteiger partial charge in [-0.2, -0.15) is 0 Å². The first kappa shape index (κ1) is 16.9. The smallest absolute Gasteiger partial charge is 0.150 e. The summed E-state index contributed by atoms with van der Waals surface area (Å²) >= 11 is 5.92. The van der Waals surface area contributed by atoms with E-state index < -0.39 is 0 Å². The van der Waals surface area contributed by atoms with Crippen LogP contribution in [0.2, 0.25) is 5.02 Å². The first-order valence-corrected chi connectivity index (χ1v) is 9.12. The van der Waals surface area contributed by atoms with Crippen LogP contribution < -0.4 is 9.64 Å². The molecule has 0 bridgehead atoms. The van der Waals surface area contributed by atoms with E-state index in [-0.39, 0.29) is 6.10 Å². The minimum Gasteiger partial charge on any atom is -0.490 e. The number of rotatable bonds is 4. The SMILES string of the molecule is O=Cc1cccc2ccnc(N3CCC(Oc4ccc(Cl)cc4)CC3)c12. The minimum absolute atomic E-state index is 0.174. The predicted octanol–water partition coefficient (Wildman–Crippen LogP) is 4.75. The van der Waals surface area contributed by atoms with E-state index in [9.17, 15) is 4.79 Å². The average molecular weight is 367 g/mol. The summed E-state index contributed by atoms with van der Waals surface area (Å²) in [6.45, 7) is 1.69. The zero-order valence-electron chi connectivity index (χ0n) is 14.3. The topological polar surface area (TPSA) is 42.4 Å². The fourth-order valence-electron chi connectivity index (χ4n) is 3.47. The Hall–Kier alpha value is -2.59. The van der Waals surface area contributed by atoms with Crippen molar-refractivity contribution in [3.05, 3.63) is 65.3 Å². The van der Waals surface area contributed by atoms with Crippen LogP contribution in [0.4, 0.5) is 5.82 Å². The second-order valence-electron chi connectivity index (χ2n) is 6.46. The van der Waals surface area contributed by atoms with Crippen molar-refractivity contribution >= 4 is 34.5 Å². The maximum Gasteiger partial charge on any atom is 0.150 e. The highest BCUT2D eigenvalue weighted by molar-refractivity contribution is 6.30. The molecule has 132 valence electrons. The quantitative estimate of drug-likeness (QED) is 0.625. The van der Waals surface area contributed by atoms with E-state index in [0.29, 0.717) is 10.6 Å². The summed E-state index contributed by atoms with van der Waals surface area (Å²) in [5.74, 6) is 1.73. The maximum atomic E-state index is 11.5. The Kier molecular flexibility index (Phi) is 4.76. The molecule has 0 unspecified atom stereocenters. The van der Waals surface area contributed by atoms with E-state index in [4.69, 9.17) is 16.3 Å². The lowest BCUT2D eigenvalue weighted by molar-refractivity contribution is 0.112. The zero-order chi connectivity index (χ0) is 17.9. The van der Waals surface area contributed by atoms with Gasteiger partial charge in [-0.05, 0) is 35.7 Å². The van der Waals surface area contributed by atoms with Crippen LogP contribution in [0.3, 0.4) is 0 Å². The monoisotopic (exact) mass is 366 g/mol. The van der Waals surface area contributed by atoms with Gasteiger partial charge in [0.1, 0.15) is 17.7 Å². The van der Waals surface area contributed by atoms with Crippen LogP contribution in [-0.4, -0.2) is 30.5 Å². The summed E-state index contributed by atoms with van der Waals surface area (Å²) in [6, 6.07) is 15.2. The normalized spacial score (nSPS) is 15.2. The maximum absolute atomic E-state index is 11.5. The Morgan fingerprint density at radius 3 is 2.58 bits per heavy atom. The van der Waals surface area contributed by atoms with Gasteiger partial charge in [0.15, 0.2) is 6.29 Å². The summed E-state index contributed by atoms with van der Waals surface area (Å²) < 4.78 is 6.06. The largest absolute Gasteiger partial charge is 0.490 e. The number of hydrogen-bond acceptors (Lipinski definition) is 4. The van der Waals surface area contributed by atoms with Crippen LogP contribution in [0, 0.1) is 0 Å². The van der Waals surface area contributed by atoms with E-state index in [1.807, 2.05) is 54.7 Å². The minimum atomic E-state index is 0.174. The number of carbonyl (C=O) groups is 1. The van der Waals surface area contributed by atoms with Gasteiger partial charge in [0, 0.05) is 48.1 Å². The molecule has 0 amide bonds. The van der Waals surface area contributed by atoms with Crippen molar-refractivity contribution in [2.24, 2.45) is 0 Å². The molecule has 3 aromatic rings. The Morgan fingerprint density at radius 1 is 1.08 bits per heavy atom. The van der Waals surface area contributed by atoms with Crippen molar-refractivity contribution in [3.8, 4) is 5.75 Å². The van der Waals surface area contributed by atoms with Crippen molar-refractivity contribution in [2.45, 2.75) is 18.9 Å². The first-order chi connectivity index (χ1) is 12.7. The summed E-state index contributed by atoms with van der Waals surface area (Å²) in [5.41, 5.74) is 0.685. The van der Waals surface area contributed by atoms with Gasteiger partial charge in [0.05, 0.1) is 0 Å². The van der Waals surface area contributed by atoms with E-state index in [1.165, 1.54) is 0 Å². The number of aldehydes is 1. The molecule has 4 nitrogen and oxygen atoms in total. The number of benzene rings is 2. The average Bonchev–Trinajstić information content (AvgIpc) is 2.69. The van der Waals surface area contributed by atoms with Crippen LogP contribution in [0.1, 0.15) is 23.2 Å². The number of pyridine rings is 1. The number of piperidine rings is 1. The number of nitrogens with zero attached hydrogens (tertiary/aromatic N) is 2. The lowest BCUT2D eigenvalue weighted by Crippen LogP contribution is -2.38. The fourth-order valence-corrected chi connectivity index (χ4v) is 3.59. The molecule has 0 aliphatic carbocycles. The van der Waals surface area contributed by atoms with E-state index in [2.05, 4.69) is 9.88 Å². The van der Waals surface area contributed by atoms with Crippen molar-refractivity contribution in [2.75, 3.05) is 18.0 Å². The zero-order valence-corrected chi connectivity index (χ0v) is 15.0. The third-order valence-corrected chi connectivity index (χ3v) is 5.04. The van der Waals surface area contributed by atoms with Crippen molar-refractivity contribution in [1.82, 2.24) is 4.98 Å². The predicted molar refractivity (Wildman–Crippen MR) is 104 cm³/mol. The third-order valence-electron chi connectivity index (χ3n) is 4.79. The van der Waals surface area contributed by atoms with Crippen LogP contribution in [0.5, 0.6) is 5.75 Å². The molecule has 1 aromatic heterocycles. The molecule has 4 rings (SSSR count). The van der Waals surface area contributed by atoms with Gasteiger partial charge >= 0.3 is 0 Å². The van der Waals surface area contributed by atoms with Gasteiger partial charge < -0.3 is 9.64 Å². The molecule has 1 aliphatic rings. The number of carbonyl (C=O) groups excluding carboxylic acids is 1. The second-order valence-corrected chi connectivity index (χ2v) is 6.89. The molecule has 1 aliphatic heterocycles. The Morgan fingerprint density at radius 2 is 1.85 bits per heavy atom. The number of fused-ring (bicyclic) bond motifs is 1. The molecule has 0 radical (unpaired) electrons. The lowest BCUT2D eigenvalue weighted by Gasteiger charge is -2.33. The molecule has 0 atom stereocenters. The highest BCUT2D eigenvalue weighted by Gasteiger charge is 2.23. The molecule has 1 saturated heterocycles. The molecule has 5 heteroatoms. The number of aromatic nitrogens is 1. The number of halogens is 1. The number of hydrogen-bond donors (Lipinski definition) is 0. The van der Waals surface area contributed by atoms with Crippen LogP contribution >= 0.6 is 11.6 Å². The molecule has 0 N–H and O–H groups in total. The molecular formula is C21H19ClN2O2. The molecule has 26 heavy (non-hydrogen) atoms.